The van der Waals surface area contributed by atoms with E-state index in [-0.39, 0.29) is 22.6 Å². The number of rotatable bonds is 9. The Morgan fingerprint density at radius 1 is 0.769 bits per heavy atom. The summed E-state index contributed by atoms with van der Waals surface area (Å²) in [6.07, 6.45) is 2.27. The van der Waals surface area contributed by atoms with E-state index in [1.54, 1.807) is 0 Å². The molecule has 3 N–H and O–H groups in total. The minimum atomic E-state index is -0.480. The van der Waals surface area contributed by atoms with Crippen LogP contribution in [0.5, 0.6) is 0 Å². The molecule has 0 spiro atoms. The van der Waals surface area contributed by atoms with Crippen LogP contribution in [0, 0.1) is 10.8 Å². The van der Waals surface area contributed by atoms with Crippen LogP contribution in [0.25, 0.3) is 0 Å². The predicted octanol–water partition coefficient (Wildman–Crippen LogP) is 4.53. The average molecular weight is 377 g/mol. The molecule has 0 aliphatic rings. The molecule has 160 valence electrons. The maximum Gasteiger partial charge on any atom is 0.245 e. The van der Waals surface area contributed by atoms with E-state index in [1.807, 2.05) is 48.5 Å². The molecule has 0 heterocycles. The summed E-state index contributed by atoms with van der Waals surface area (Å²) >= 11 is 0. The Labute approximate surface area is 163 Å². The van der Waals surface area contributed by atoms with Crippen LogP contribution in [-0.4, -0.2) is 36.6 Å². The molecular formula is C21H48N2O3. The van der Waals surface area contributed by atoms with Gasteiger partial charge in [0.1, 0.15) is 6.61 Å². The first-order valence-electron chi connectivity index (χ1n) is 10.3. The highest BCUT2D eigenvalue weighted by Gasteiger charge is 2.29. The van der Waals surface area contributed by atoms with Crippen molar-refractivity contribution in [3.05, 3.63) is 0 Å². The van der Waals surface area contributed by atoms with Gasteiger partial charge in [-0.25, -0.2) is 0 Å². The zero-order valence-electron chi connectivity index (χ0n) is 19.5. The molecule has 0 aromatic carbocycles. The number of hydrogen-bond acceptors (Lipinski definition) is 3. The molecule has 0 aromatic rings. The zero-order valence-corrected chi connectivity index (χ0v) is 19.5. The van der Waals surface area contributed by atoms with Crippen molar-refractivity contribution in [2.24, 2.45) is 10.8 Å². The lowest BCUT2D eigenvalue weighted by atomic mass is 9.75. The number of carbonyl (C=O) groups is 2. The van der Waals surface area contributed by atoms with Gasteiger partial charge in [-0.3, -0.25) is 9.59 Å². The number of hydrogen-bond donors (Lipinski definition) is 3. The Hall–Kier alpha value is -1.10. The number of aliphatic hydroxyl groups excluding tert-OH is 1. The number of aliphatic hydroxyl groups is 1. The van der Waals surface area contributed by atoms with Crippen molar-refractivity contribution in [2.45, 2.75) is 95.4 Å². The van der Waals surface area contributed by atoms with Crippen LogP contribution < -0.4 is 10.6 Å². The average Bonchev–Trinajstić information content (AvgIpc) is 2.62. The third kappa shape index (κ3) is 22.9. The quantitative estimate of drug-likeness (QED) is 0.553. The number of amides is 2. The Morgan fingerprint density at radius 2 is 1.12 bits per heavy atom. The van der Waals surface area contributed by atoms with Gasteiger partial charge in [0.25, 0.3) is 0 Å². The Morgan fingerprint density at radius 3 is 1.42 bits per heavy atom. The van der Waals surface area contributed by atoms with Gasteiger partial charge in [0, 0.05) is 19.5 Å². The molecule has 0 aliphatic carbocycles. The fraction of sp³-hybridized carbons (Fsp3) is 0.905. The molecule has 0 bridgehead atoms. The SMILES string of the molecule is CC.CC.CC.CCCC(=O)NCC(C)(C)CC(C)(C)CNC(=O)CO. The van der Waals surface area contributed by atoms with Crippen molar-refractivity contribution < 1.29 is 14.7 Å². The lowest BCUT2D eigenvalue weighted by molar-refractivity contribution is -0.124. The van der Waals surface area contributed by atoms with Crippen LogP contribution in [0.3, 0.4) is 0 Å². The van der Waals surface area contributed by atoms with Gasteiger partial charge < -0.3 is 15.7 Å². The molecule has 5 nitrogen and oxygen atoms in total. The maximum atomic E-state index is 11.5. The summed E-state index contributed by atoms with van der Waals surface area (Å²) in [6, 6.07) is 0. The van der Waals surface area contributed by atoms with Gasteiger partial charge in [0.2, 0.25) is 11.8 Å². The van der Waals surface area contributed by atoms with Crippen LogP contribution >= 0.6 is 0 Å². The minimum Gasteiger partial charge on any atom is -0.387 e. The predicted molar refractivity (Wildman–Crippen MR) is 114 cm³/mol. The van der Waals surface area contributed by atoms with Crippen LogP contribution in [-0.2, 0) is 9.59 Å². The molecule has 26 heavy (non-hydrogen) atoms. The lowest BCUT2D eigenvalue weighted by Gasteiger charge is -2.35. The second-order valence-electron chi connectivity index (χ2n) is 6.97. The first-order valence-corrected chi connectivity index (χ1v) is 10.3. The molecule has 0 rings (SSSR count). The molecule has 0 radical (unpaired) electrons. The first-order chi connectivity index (χ1) is 12.1. The highest BCUT2D eigenvalue weighted by molar-refractivity contribution is 5.76. The summed E-state index contributed by atoms with van der Waals surface area (Å²) < 4.78 is 0. The van der Waals surface area contributed by atoms with Crippen LogP contribution in [0.1, 0.15) is 95.4 Å². The molecule has 0 aromatic heterocycles. The van der Waals surface area contributed by atoms with Gasteiger partial charge in [0.05, 0.1) is 0 Å². The lowest BCUT2D eigenvalue weighted by Crippen LogP contribution is -2.41. The van der Waals surface area contributed by atoms with E-state index >= 15 is 0 Å². The summed E-state index contributed by atoms with van der Waals surface area (Å²) in [4.78, 5) is 22.6. The summed E-state index contributed by atoms with van der Waals surface area (Å²) in [5.41, 5.74) is -0.138. The van der Waals surface area contributed by atoms with E-state index in [2.05, 4.69) is 38.3 Å². The standard InChI is InChI=1S/C15H30N2O3.3C2H6/c1-6-7-12(19)16-10-14(2,3)9-15(4,5)11-17-13(20)8-18;3*1-2/h18H,6-11H2,1-5H3,(H,16,19)(H,17,20);3*1-2H3. The van der Waals surface area contributed by atoms with Gasteiger partial charge in [-0.05, 0) is 23.7 Å². The Balaban J connectivity index is -0.000000362. The van der Waals surface area contributed by atoms with Crippen LogP contribution in [0.15, 0.2) is 0 Å². The van der Waals surface area contributed by atoms with Gasteiger partial charge in [-0.1, -0.05) is 76.2 Å². The van der Waals surface area contributed by atoms with Gasteiger partial charge in [-0.15, -0.1) is 0 Å². The molecule has 5 heteroatoms. The van der Waals surface area contributed by atoms with E-state index in [1.165, 1.54) is 0 Å². The minimum absolute atomic E-state index is 0.0448. The van der Waals surface area contributed by atoms with E-state index in [9.17, 15) is 9.59 Å². The van der Waals surface area contributed by atoms with Gasteiger partial charge in [-0.2, -0.15) is 0 Å². The van der Waals surface area contributed by atoms with Crippen molar-refractivity contribution in [3.8, 4) is 0 Å². The Bertz CT molecular complexity index is 327. The molecule has 0 saturated carbocycles. The fourth-order valence-electron chi connectivity index (χ4n) is 2.47. The molecular weight excluding hydrogens is 328 g/mol. The molecule has 0 aliphatic heterocycles. The van der Waals surface area contributed by atoms with Gasteiger partial charge >= 0.3 is 0 Å². The van der Waals surface area contributed by atoms with E-state index in [4.69, 9.17) is 5.11 Å². The zero-order chi connectivity index (χ0) is 21.8. The number of carbonyl (C=O) groups excluding carboxylic acids is 2. The topological polar surface area (TPSA) is 78.4 Å². The second-order valence-corrected chi connectivity index (χ2v) is 6.97. The smallest absolute Gasteiger partial charge is 0.245 e. The maximum absolute atomic E-state index is 11.5. The normalized spacial score (nSPS) is 10.0. The summed E-state index contributed by atoms with van der Waals surface area (Å²) in [7, 11) is 0. The van der Waals surface area contributed by atoms with Crippen molar-refractivity contribution in [1.82, 2.24) is 10.6 Å². The van der Waals surface area contributed by atoms with Crippen molar-refractivity contribution in [3.63, 3.8) is 0 Å². The summed E-state index contributed by atoms with van der Waals surface area (Å²) in [5.74, 6) is -0.265. The highest BCUT2D eigenvalue weighted by Crippen LogP contribution is 2.32. The molecule has 0 saturated heterocycles. The van der Waals surface area contributed by atoms with Crippen molar-refractivity contribution in [2.75, 3.05) is 19.7 Å². The largest absolute Gasteiger partial charge is 0.387 e. The fourth-order valence-corrected chi connectivity index (χ4v) is 2.47. The monoisotopic (exact) mass is 376 g/mol. The molecule has 0 atom stereocenters. The molecule has 0 unspecified atom stereocenters. The van der Waals surface area contributed by atoms with Gasteiger partial charge in [0.15, 0.2) is 0 Å². The third-order valence-electron chi connectivity index (χ3n) is 3.11. The third-order valence-corrected chi connectivity index (χ3v) is 3.11. The highest BCUT2D eigenvalue weighted by atomic mass is 16.3. The molecule has 0 fully saturated rings. The van der Waals surface area contributed by atoms with Crippen LogP contribution in [0.2, 0.25) is 0 Å². The van der Waals surface area contributed by atoms with Crippen molar-refractivity contribution >= 4 is 11.8 Å². The van der Waals surface area contributed by atoms with E-state index in [0.29, 0.717) is 19.5 Å². The van der Waals surface area contributed by atoms with Crippen molar-refractivity contribution in [1.29, 1.82) is 0 Å². The van der Waals surface area contributed by atoms with E-state index in [0.717, 1.165) is 12.8 Å². The summed E-state index contributed by atoms with van der Waals surface area (Å²) in [6.45, 7) is 23.0. The molecule has 2 amide bonds. The Kier molecular flexibility index (Phi) is 25.3. The number of nitrogens with one attached hydrogen (secondary N) is 2. The second kappa shape index (κ2) is 20.2. The first kappa shape index (κ1) is 32.6. The van der Waals surface area contributed by atoms with E-state index < -0.39 is 6.61 Å². The summed E-state index contributed by atoms with van der Waals surface area (Å²) in [5, 5.41) is 14.4. The van der Waals surface area contributed by atoms with Crippen LogP contribution in [0.4, 0.5) is 0 Å².